The van der Waals surface area contributed by atoms with E-state index in [1.807, 2.05) is 31.6 Å². The lowest BCUT2D eigenvalue weighted by atomic mass is 9.94. The summed E-state index contributed by atoms with van der Waals surface area (Å²) < 4.78 is 1.87. The Labute approximate surface area is 144 Å². The van der Waals surface area contributed by atoms with Crippen LogP contribution in [0.5, 0.6) is 0 Å². The molecule has 1 aliphatic heterocycles. The van der Waals surface area contributed by atoms with Gasteiger partial charge in [0, 0.05) is 30.9 Å². The Hall–Kier alpha value is -2.10. The van der Waals surface area contributed by atoms with Gasteiger partial charge in [0.25, 0.3) is 0 Å². The molecule has 4 nitrogen and oxygen atoms in total. The van der Waals surface area contributed by atoms with Gasteiger partial charge < -0.3 is 4.90 Å². The van der Waals surface area contributed by atoms with Crippen molar-refractivity contribution >= 4 is 5.91 Å². The summed E-state index contributed by atoms with van der Waals surface area (Å²) in [6, 6.07) is 10.8. The Bertz CT molecular complexity index is 705. The van der Waals surface area contributed by atoms with Crippen LogP contribution in [0.3, 0.4) is 0 Å². The fraction of sp³-hybridized carbons (Fsp3) is 0.500. The van der Waals surface area contributed by atoms with Crippen LogP contribution in [0.25, 0.3) is 0 Å². The van der Waals surface area contributed by atoms with Gasteiger partial charge >= 0.3 is 0 Å². The predicted molar refractivity (Wildman–Crippen MR) is 95.9 cm³/mol. The molecule has 24 heavy (non-hydrogen) atoms. The molecular weight excluding hydrogens is 298 g/mol. The second-order valence-corrected chi connectivity index (χ2v) is 6.88. The minimum absolute atomic E-state index is 0.245. The van der Waals surface area contributed by atoms with Gasteiger partial charge in [-0.2, -0.15) is 5.10 Å². The molecule has 0 radical (unpaired) electrons. The standard InChI is InChI=1S/C20H27N3O/c1-15-19(16(2)22(3)21-15)14-20(24)23-12-8-7-11-18(23)13-17-9-5-4-6-10-17/h4-6,9-10,18H,7-8,11-14H2,1-3H3/t18-/m1/s1. The average molecular weight is 325 g/mol. The van der Waals surface area contributed by atoms with Gasteiger partial charge in [-0.1, -0.05) is 30.3 Å². The molecule has 1 aromatic carbocycles. The first-order valence-corrected chi connectivity index (χ1v) is 8.88. The summed E-state index contributed by atoms with van der Waals surface area (Å²) in [5.41, 5.74) is 4.47. The molecule has 3 rings (SSSR count). The van der Waals surface area contributed by atoms with Crippen LogP contribution in [-0.4, -0.2) is 33.2 Å². The number of piperidine rings is 1. The third kappa shape index (κ3) is 3.53. The SMILES string of the molecule is Cc1nn(C)c(C)c1CC(=O)N1CCCC[C@@H]1Cc1ccccc1. The van der Waals surface area contributed by atoms with Crippen molar-refractivity contribution in [2.45, 2.75) is 52.0 Å². The van der Waals surface area contributed by atoms with E-state index in [9.17, 15) is 4.79 Å². The van der Waals surface area contributed by atoms with Crippen LogP contribution in [-0.2, 0) is 24.7 Å². The molecule has 1 saturated heterocycles. The molecule has 2 aromatic rings. The molecule has 1 fully saturated rings. The van der Waals surface area contributed by atoms with E-state index in [2.05, 4.69) is 34.3 Å². The summed E-state index contributed by atoms with van der Waals surface area (Å²) >= 11 is 0. The largest absolute Gasteiger partial charge is 0.339 e. The quantitative estimate of drug-likeness (QED) is 0.866. The van der Waals surface area contributed by atoms with E-state index in [0.717, 1.165) is 42.8 Å². The van der Waals surface area contributed by atoms with E-state index < -0.39 is 0 Å². The molecule has 0 saturated carbocycles. The van der Waals surface area contributed by atoms with Crippen LogP contribution >= 0.6 is 0 Å². The molecule has 0 bridgehead atoms. The van der Waals surface area contributed by atoms with Crippen LogP contribution < -0.4 is 0 Å². The number of nitrogens with zero attached hydrogens (tertiary/aromatic N) is 3. The lowest BCUT2D eigenvalue weighted by molar-refractivity contribution is -0.134. The van der Waals surface area contributed by atoms with Crippen molar-refractivity contribution in [2.75, 3.05) is 6.54 Å². The fourth-order valence-corrected chi connectivity index (χ4v) is 3.75. The summed E-state index contributed by atoms with van der Waals surface area (Å²) in [4.78, 5) is 15.1. The van der Waals surface area contributed by atoms with E-state index in [0.29, 0.717) is 12.5 Å². The topological polar surface area (TPSA) is 38.1 Å². The minimum atomic E-state index is 0.245. The van der Waals surface area contributed by atoms with Gasteiger partial charge in [0.15, 0.2) is 0 Å². The highest BCUT2D eigenvalue weighted by Gasteiger charge is 2.27. The summed E-state index contributed by atoms with van der Waals surface area (Å²) in [5, 5.41) is 4.44. The number of hydrogen-bond donors (Lipinski definition) is 0. The third-order valence-corrected chi connectivity index (χ3v) is 5.25. The molecule has 0 unspecified atom stereocenters. The van der Waals surface area contributed by atoms with Crippen LogP contribution in [0, 0.1) is 13.8 Å². The maximum Gasteiger partial charge on any atom is 0.227 e. The number of aryl methyl sites for hydroxylation is 2. The van der Waals surface area contributed by atoms with E-state index in [-0.39, 0.29) is 5.91 Å². The highest BCUT2D eigenvalue weighted by Crippen LogP contribution is 2.23. The highest BCUT2D eigenvalue weighted by molar-refractivity contribution is 5.79. The number of carbonyl (C=O) groups excluding carboxylic acids is 1. The zero-order valence-corrected chi connectivity index (χ0v) is 15.0. The molecule has 1 amide bonds. The number of carbonyl (C=O) groups is 1. The minimum Gasteiger partial charge on any atom is -0.339 e. The smallest absolute Gasteiger partial charge is 0.227 e. The second-order valence-electron chi connectivity index (χ2n) is 6.88. The van der Waals surface area contributed by atoms with Crippen molar-refractivity contribution in [1.82, 2.24) is 14.7 Å². The maximum absolute atomic E-state index is 13.0. The summed E-state index contributed by atoms with van der Waals surface area (Å²) in [6.45, 7) is 4.92. The second kappa shape index (κ2) is 7.20. The Morgan fingerprint density at radius 3 is 2.62 bits per heavy atom. The molecule has 0 N–H and O–H groups in total. The Morgan fingerprint density at radius 2 is 1.96 bits per heavy atom. The van der Waals surface area contributed by atoms with Crippen molar-refractivity contribution in [3.05, 3.63) is 52.8 Å². The number of aromatic nitrogens is 2. The molecule has 0 spiro atoms. The van der Waals surface area contributed by atoms with Crippen molar-refractivity contribution < 1.29 is 4.79 Å². The Kier molecular flexibility index (Phi) is 5.03. The molecule has 1 aliphatic rings. The van der Waals surface area contributed by atoms with Crippen molar-refractivity contribution in [2.24, 2.45) is 7.05 Å². The molecule has 2 heterocycles. The Balaban J connectivity index is 1.73. The number of benzene rings is 1. The van der Waals surface area contributed by atoms with Gasteiger partial charge in [-0.15, -0.1) is 0 Å². The monoisotopic (exact) mass is 325 g/mol. The molecular formula is C20H27N3O. The van der Waals surface area contributed by atoms with Crippen molar-refractivity contribution in [1.29, 1.82) is 0 Å². The van der Waals surface area contributed by atoms with Gasteiger partial charge in [0.2, 0.25) is 5.91 Å². The fourth-order valence-electron chi connectivity index (χ4n) is 3.75. The number of likely N-dealkylation sites (tertiary alicyclic amines) is 1. The van der Waals surface area contributed by atoms with Gasteiger partial charge in [0.05, 0.1) is 12.1 Å². The van der Waals surface area contributed by atoms with Crippen LogP contribution in [0.1, 0.15) is 41.8 Å². The first kappa shape index (κ1) is 16.7. The number of amides is 1. The Morgan fingerprint density at radius 1 is 1.21 bits per heavy atom. The highest BCUT2D eigenvalue weighted by atomic mass is 16.2. The molecule has 0 aliphatic carbocycles. The zero-order valence-electron chi connectivity index (χ0n) is 15.0. The lowest BCUT2D eigenvalue weighted by Crippen LogP contribution is -2.45. The summed E-state index contributed by atoms with van der Waals surface area (Å²) in [5.74, 6) is 0.245. The lowest BCUT2D eigenvalue weighted by Gasteiger charge is -2.36. The van der Waals surface area contributed by atoms with Crippen molar-refractivity contribution in [3.8, 4) is 0 Å². The van der Waals surface area contributed by atoms with E-state index in [1.165, 1.54) is 12.0 Å². The molecule has 4 heteroatoms. The maximum atomic E-state index is 13.0. The molecule has 128 valence electrons. The first-order chi connectivity index (χ1) is 11.6. The van der Waals surface area contributed by atoms with Gasteiger partial charge in [-0.05, 0) is 45.1 Å². The zero-order chi connectivity index (χ0) is 17.1. The van der Waals surface area contributed by atoms with Gasteiger partial charge in [-0.25, -0.2) is 0 Å². The molecule has 1 aromatic heterocycles. The normalized spacial score (nSPS) is 18.0. The third-order valence-electron chi connectivity index (χ3n) is 5.25. The van der Waals surface area contributed by atoms with Crippen LogP contribution in [0.15, 0.2) is 30.3 Å². The van der Waals surface area contributed by atoms with Crippen molar-refractivity contribution in [3.63, 3.8) is 0 Å². The van der Waals surface area contributed by atoms with Crippen LogP contribution in [0.4, 0.5) is 0 Å². The summed E-state index contributed by atoms with van der Waals surface area (Å²) in [7, 11) is 1.94. The van der Waals surface area contributed by atoms with Gasteiger partial charge in [-0.3, -0.25) is 9.48 Å². The van der Waals surface area contributed by atoms with Crippen LogP contribution in [0.2, 0.25) is 0 Å². The van der Waals surface area contributed by atoms with E-state index >= 15 is 0 Å². The first-order valence-electron chi connectivity index (χ1n) is 8.88. The number of rotatable bonds is 4. The van der Waals surface area contributed by atoms with E-state index in [1.54, 1.807) is 0 Å². The predicted octanol–water partition coefficient (Wildman–Crippen LogP) is 3.20. The average Bonchev–Trinajstić information content (AvgIpc) is 2.82. The number of hydrogen-bond acceptors (Lipinski definition) is 2. The molecule has 1 atom stereocenters. The van der Waals surface area contributed by atoms with Gasteiger partial charge in [0.1, 0.15) is 0 Å². The van der Waals surface area contributed by atoms with E-state index in [4.69, 9.17) is 0 Å². The summed E-state index contributed by atoms with van der Waals surface area (Å²) in [6.07, 6.45) is 4.86.